The van der Waals surface area contributed by atoms with Gasteiger partial charge in [-0.2, -0.15) is 0 Å². The van der Waals surface area contributed by atoms with Crippen molar-refractivity contribution in [3.8, 4) is 0 Å². The SMILES string of the molecule is Cc1ccc(CO)cc1NC(=O)CC(C)(C)C. The summed E-state index contributed by atoms with van der Waals surface area (Å²) in [6.45, 7) is 8.02. The number of nitrogens with one attached hydrogen (secondary N) is 1. The molecule has 0 aliphatic rings. The van der Waals surface area contributed by atoms with E-state index in [1.807, 2.05) is 45.9 Å². The van der Waals surface area contributed by atoms with E-state index in [4.69, 9.17) is 5.11 Å². The Hall–Kier alpha value is -1.35. The molecule has 0 saturated heterocycles. The van der Waals surface area contributed by atoms with Crippen molar-refractivity contribution in [2.45, 2.75) is 40.7 Å². The monoisotopic (exact) mass is 235 g/mol. The standard InChI is InChI=1S/C14H21NO2/c1-10-5-6-11(9-16)7-12(10)15-13(17)8-14(2,3)4/h5-7,16H,8-9H2,1-4H3,(H,15,17). The van der Waals surface area contributed by atoms with Crippen LogP contribution < -0.4 is 5.32 Å². The van der Waals surface area contributed by atoms with Crippen LogP contribution in [0.5, 0.6) is 0 Å². The average Bonchev–Trinajstić information content (AvgIpc) is 2.18. The molecule has 94 valence electrons. The molecule has 2 N–H and O–H groups in total. The largest absolute Gasteiger partial charge is 0.392 e. The highest BCUT2D eigenvalue weighted by molar-refractivity contribution is 5.91. The van der Waals surface area contributed by atoms with Gasteiger partial charge < -0.3 is 10.4 Å². The lowest BCUT2D eigenvalue weighted by Gasteiger charge is -2.18. The highest BCUT2D eigenvalue weighted by Gasteiger charge is 2.16. The van der Waals surface area contributed by atoms with E-state index in [1.165, 1.54) is 0 Å². The van der Waals surface area contributed by atoms with E-state index < -0.39 is 0 Å². The molecule has 0 unspecified atom stereocenters. The van der Waals surface area contributed by atoms with Gasteiger partial charge in [-0.25, -0.2) is 0 Å². The van der Waals surface area contributed by atoms with Crippen molar-refractivity contribution < 1.29 is 9.90 Å². The number of benzene rings is 1. The van der Waals surface area contributed by atoms with Crippen LogP contribution in [0.15, 0.2) is 18.2 Å². The Morgan fingerprint density at radius 3 is 2.53 bits per heavy atom. The van der Waals surface area contributed by atoms with E-state index in [-0.39, 0.29) is 17.9 Å². The highest BCUT2D eigenvalue weighted by atomic mass is 16.3. The minimum atomic E-state index is -0.0213. The summed E-state index contributed by atoms with van der Waals surface area (Å²) < 4.78 is 0. The molecule has 0 aliphatic carbocycles. The third kappa shape index (κ3) is 4.57. The maximum absolute atomic E-state index is 11.8. The molecule has 3 nitrogen and oxygen atoms in total. The molecule has 0 saturated carbocycles. The molecule has 0 spiro atoms. The molecule has 0 aromatic heterocycles. The molecule has 1 aromatic rings. The van der Waals surface area contributed by atoms with Gasteiger partial charge in [0.05, 0.1) is 6.61 Å². The molecular formula is C14H21NO2. The molecule has 0 radical (unpaired) electrons. The average molecular weight is 235 g/mol. The lowest BCUT2D eigenvalue weighted by Crippen LogP contribution is -2.20. The summed E-state index contributed by atoms with van der Waals surface area (Å²) in [6.07, 6.45) is 0.482. The van der Waals surface area contributed by atoms with Crippen LogP contribution in [0.1, 0.15) is 38.3 Å². The minimum Gasteiger partial charge on any atom is -0.392 e. The Balaban J connectivity index is 2.77. The van der Waals surface area contributed by atoms with E-state index in [2.05, 4.69) is 5.32 Å². The van der Waals surface area contributed by atoms with Crippen molar-refractivity contribution in [1.82, 2.24) is 0 Å². The number of hydrogen-bond donors (Lipinski definition) is 2. The van der Waals surface area contributed by atoms with Gasteiger partial charge in [-0.05, 0) is 29.5 Å². The van der Waals surface area contributed by atoms with Crippen molar-refractivity contribution in [3.63, 3.8) is 0 Å². The fourth-order valence-electron chi connectivity index (χ4n) is 1.58. The van der Waals surface area contributed by atoms with E-state index in [1.54, 1.807) is 0 Å². The molecule has 3 heteroatoms. The summed E-state index contributed by atoms with van der Waals surface area (Å²) >= 11 is 0. The number of aryl methyl sites for hydroxylation is 1. The van der Waals surface area contributed by atoms with Crippen LogP contribution in [-0.2, 0) is 11.4 Å². The topological polar surface area (TPSA) is 49.3 Å². The van der Waals surface area contributed by atoms with Crippen molar-refractivity contribution in [2.75, 3.05) is 5.32 Å². The number of aliphatic hydroxyl groups is 1. The molecule has 1 amide bonds. The van der Waals surface area contributed by atoms with Crippen LogP contribution in [0.25, 0.3) is 0 Å². The second-order valence-corrected chi connectivity index (χ2v) is 5.59. The van der Waals surface area contributed by atoms with Gasteiger partial charge in [-0.3, -0.25) is 4.79 Å². The van der Waals surface area contributed by atoms with E-state index in [0.29, 0.717) is 6.42 Å². The number of carbonyl (C=O) groups is 1. The number of rotatable bonds is 3. The zero-order valence-electron chi connectivity index (χ0n) is 11.0. The Morgan fingerprint density at radius 2 is 2.00 bits per heavy atom. The van der Waals surface area contributed by atoms with Gasteiger partial charge in [0.2, 0.25) is 5.91 Å². The fraction of sp³-hybridized carbons (Fsp3) is 0.500. The van der Waals surface area contributed by atoms with E-state index in [0.717, 1.165) is 16.8 Å². The summed E-state index contributed by atoms with van der Waals surface area (Å²) in [5.41, 5.74) is 2.57. The van der Waals surface area contributed by atoms with Gasteiger partial charge >= 0.3 is 0 Å². The van der Waals surface area contributed by atoms with Crippen LogP contribution in [0.2, 0.25) is 0 Å². The van der Waals surface area contributed by atoms with Crippen LogP contribution in [0.3, 0.4) is 0 Å². The highest BCUT2D eigenvalue weighted by Crippen LogP contribution is 2.21. The first-order valence-electron chi connectivity index (χ1n) is 5.82. The molecule has 0 fully saturated rings. The normalized spacial score (nSPS) is 11.4. The maximum Gasteiger partial charge on any atom is 0.224 e. The zero-order chi connectivity index (χ0) is 13.1. The number of carbonyl (C=O) groups excluding carboxylic acids is 1. The quantitative estimate of drug-likeness (QED) is 0.846. The smallest absolute Gasteiger partial charge is 0.224 e. The predicted molar refractivity (Wildman–Crippen MR) is 69.8 cm³/mol. The first-order valence-corrected chi connectivity index (χ1v) is 5.82. The number of hydrogen-bond acceptors (Lipinski definition) is 2. The first kappa shape index (κ1) is 13.7. The predicted octanol–water partition coefficient (Wildman–Crippen LogP) is 2.86. The van der Waals surface area contributed by atoms with Crippen LogP contribution >= 0.6 is 0 Å². The lowest BCUT2D eigenvalue weighted by atomic mass is 9.92. The summed E-state index contributed by atoms with van der Waals surface area (Å²) in [5.74, 6) is 0.00990. The Labute approximate surface area is 103 Å². The fourth-order valence-corrected chi connectivity index (χ4v) is 1.58. The summed E-state index contributed by atoms with van der Waals surface area (Å²) in [5, 5.41) is 12.0. The molecule has 0 aliphatic heterocycles. The minimum absolute atomic E-state index is 0.00990. The third-order valence-corrected chi connectivity index (χ3v) is 2.45. The van der Waals surface area contributed by atoms with Crippen molar-refractivity contribution >= 4 is 11.6 Å². The summed E-state index contributed by atoms with van der Waals surface area (Å²) in [6, 6.07) is 5.57. The van der Waals surface area contributed by atoms with E-state index in [9.17, 15) is 4.79 Å². The molecule has 1 rings (SSSR count). The number of amides is 1. The molecule has 1 aromatic carbocycles. The van der Waals surface area contributed by atoms with Gasteiger partial charge in [0, 0.05) is 12.1 Å². The van der Waals surface area contributed by atoms with Gasteiger partial charge in [0.1, 0.15) is 0 Å². The van der Waals surface area contributed by atoms with Gasteiger partial charge in [0.25, 0.3) is 0 Å². The van der Waals surface area contributed by atoms with Crippen molar-refractivity contribution in [2.24, 2.45) is 5.41 Å². The lowest BCUT2D eigenvalue weighted by molar-refractivity contribution is -0.117. The number of aliphatic hydroxyl groups excluding tert-OH is 1. The van der Waals surface area contributed by atoms with Crippen LogP contribution in [-0.4, -0.2) is 11.0 Å². The Morgan fingerprint density at radius 1 is 1.35 bits per heavy atom. The van der Waals surface area contributed by atoms with Crippen molar-refractivity contribution in [1.29, 1.82) is 0 Å². The second-order valence-electron chi connectivity index (χ2n) is 5.59. The van der Waals surface area contributed by atoms with E-state index >= 15 is 0 Å². The van der Waals surface area contributed by atoms with Crippen LogP contribution in [0, 0.1) is 12.3 Å². The zero-order valence-corrected chi connectivity index (χ0v) is 11.0. The van der Waals surface area contributed by atoms with Crippen molar-refractivity contribution in [3.05, 3.63) is 29.3 Å². The Bertz CT molecular complexity index is 405. The summed E-state index contributed by atoms with van der Waals surface area (Å²) in [4.78, 5) is 11.8. The van der Waals surface area contributed by atoms with Gasteiger partial charge in [-0.1, -0.05) is 32.9 Å². The summed E-state index contributed by atoms with van der Waals surface area (Å²) in [7, 11) is 0. The maximum atomic E-state index is 11.8. The number of anilines is 1. The third-order valence-electron chi connectivity index (χ3n) is 2.45. The molecule has 0 atom stereocenters. The Kier molecular flexibility index (Phi) is 4.29. The van der Waals surface area contributed by atoms with Crippen LogP contribution in [0.4, 0.5) is 5.69 Å². The molecule has 17 heavy (non-hydrogen) atoms. The first-order chi connectivity index (χ1) is 7.81. The molecule has 0 bridgehead atoms. The molecular weight excluding hydrogens is 214 g/mol. The van der Waals surface area contributed by atoms with Gasteiger partial charge in [0.15, 0.2) is 0 Å². The molecule has 0 heterocycles. The van der Waals surface area contributed by atoms with Gasteiger partial charge in [-0.15, -0.1) is 0 Å². The second kappa shape index (κ2) is 5.32.